The molecule has 0 amide bonds. The Morgan fingerprint density at radius 2 is 1.79 bits per heavy atom. The van der Waals surface area contributed by atoms with Crippen LogP contribution in [0.3, 0.4) is 0 Å². The number of hydrogen-bond donors (Lipinski definition) is 0. The van der Waals surface area contributed by atoms with Crippen LogP contribution in [0.2, 0.25) is 0 Å². The van der Waals surface area contributed by atoms with Crippen LogP contribution in [0, 0.1) is 17.3 Å². The third-order valence-electron chi connectivity index (χ3n) is 4.35. The van der Waals surface area contributed by atoms with Gasteiger partial charge in [-0.1, -0.05) is 20.8 Å². The van der Waals surface area contributed by atoms with Crippen molar-refractivity contribution in [2.45, 2.75) is 51.8 Å². The molecule has 1 aliphatic carbocycles. The van der Waals surface area contributed by atoms with Crippen molar-refractivity contribution in [2.75, 3.05) is 0 Å². The average Bonchev–Trinajstić information content (AvgIpc) is 2.68. The van der Waals surface area contributed by atoms with Crippen LogP contribution in [0.15, 0.2) is 14.3 Å². The third kappa shape index (κ3) is 3.99. The minimum absolute atomic E-state index is 0.175. The molecule has 108 valence electrons. The first-order valence-electron chi connectivity index (χ1n) is 6.88. The second-order valence-electron chi connectivity index (χ2n) is 6.65. The van der Waals surface area contributed by atoms with Crippen LogP contribution in [-0.4, -0.2) is 0 Å². The van der Waals surface area contributed by atoms with E-state index in [0.29, 0.717) is 11.3 Å². The molecule has 0 aliphatic heterocycles. The van der Waals surface area contributed by atoms with Crippen LogP contribution in [0.25, 0.3) is 0 Å². The third-order valence-corrected chi connectivity index (χ3v) is 8.41. The highest BCUT2D eigenvalue weighted by Gasteiger charge is 2.33. The molecule has 0 N–H and O–H groups in total. The van der Waals surface area contributed by atoms with Gasteiger partial charge in [0.15, 0.2) is 0 Å². The summed E-state index contributed by atoms with van der Waals surface area (Å²) < 4.78 is 2.28. The van der Waals surface area contributed by atoms with Crippen molar-refractivity contribution in [3.63, 3.8) is 0 Å². The van der Waals surface area contributed by atoms with E-state index in [4.69, 9.17) is 11.6 Å². The van der Waals surface area contributed by atoms with Gasteiger partial charge in [0.05, 0.1) is 9.16 Å². The quantitative estimate of drug-likeness (QED) is 0.430. The Bertz CT molecular complexity index is 408. The average molecular weight is 429 g/mol. The van der Waals surface area contributed by atoms with Gasteiger partial charge in [0, 0.05) is 9.35 Å². The number of thiophene rings is 1. The van der Waals surface area contributed by atoms with Crippen LogP contribution in [0.4, 0.5) is 0 Å². The van der Waals surface area contributed by atoms with E-state index >= 15 is 0 Å². The Kier molecular flexibility index (Phi) is 5.48. The van der Waals surface area contributed by atoms with Gasteiger partial charge in [0.1, 0.15) is 0 Å². The lowest BCUT2D eigenvalue weighted by atomic mass is 9.69. The Hall–Kier alpha value is 0.950. The SMILES string of the molecule is CC(C)(C)C1CCC(C(Cl)c2cc(Br)c(Br)s2)CC1. The summed E-state index contributed by atoms with van der Waals surface area (Å²) in [4.78, 5) is 1.29. The Balaban J connectivity index is 1.98. The molecule has 4 heteroatoms. The van der Waals surface area contributed by atoms with Crippen LogP contribution in [-0.2, 0) is 0 Å². The zero-order valence-electron chi connectivity index (χ0n) is 11.7. The fourth-order valence-corrected chi connectivity index (χ4v) is 5.62. The van der Waals surface area contributed by atoms with Gasteiger partial charge in [0.25, 0.3) is 0 Å². The zero-order valence-corrected chi connectivity index (χ0v) is 16.4. The van der Waals surface area contributed by atoms with Crippen LogP contribution in [0.1, 0.15) is 56.7 Å². The van der Waals surface area contributed by atoms with Crippen LogP contribution in [0.5, 0.6) is 0 Å². The maximum Gasteiger partial charge on any atom is 0.0843 e. The number of halogens is 3. The lowest BCUT2D eigenvalue weighted by molar-refractivity contribution is 0.148. The molecule has 0 nitrogen and oxygen atoms in total. The molecular formula is C15H21Br2ClS. The van der Waals surface area contributed by atoms with Gasteiger partial charge in [-0.2, -0.15) is 0 Å². The summed E-state index contributed by atoms with van der Waals surface area (Å²) in [5.74, 6) is 1.49. The molecule has 0 aromatic carbocycles. The summed E-state index contributed by atoms with van der Waals surface area (Å²) in [5.41, 5.74) is 0.446. The van der Waals surface area contributed by atoms with E-state index in [0.717, 1.165) is 14.2 Å². The normalized spacial score (nSPS) is 26.4. The van der Waals surface area contributed by atoms with Gasteiger partial charge in [0.2, 0.25) is 0 Å². The first-order chi connectivity index (χ1) is 8.79. The number of rotatable bonds is 2. The summed E-state index contributed by atoms with van der Waals surface area (Å²) in [7, 11) is 0. The summed E-state index contributed by atoms with van der Waals surface area (Å²) in [6.07, 6.45) is 5.18. The molecule has 2 rings (SSSR count). The minimum Gasteiger partial charge on any atom is -0.130 e. The van der Waals surface area contributed by atoms with E-state index in [1.807, 2.05) is 0 Å². The van der Waals surface area contributed by atoms with E-state index in [9.17, 15) is 0 Å². The fourth-order valence-electron chi connectivity index (χ4n) is 3.01. The fraction of sp³-hybridized carbons (Fsp3) is 0.733. The Morgan fingerprint density at radius 3 is 2.21 bits per heavy atom. The molecule has 1 aliphatic rings. The molecule has 0 spiro atoms. The molecule has 1 aromatic heterocycles. The summed E-state index contributed by atoms with van der Waals surface area (Å²) in [5, 5.41) is 0.175. The highest BCUT2D eigenvalue weighted by molar-refractivity contribution is 9.13. The summed E-state index contributed by atoms with van der Waals surface area (Å²) >= 11 is 15.6. The molecule has 1 heterocycles. The van der Waals surface area contributed by atoms with E-state index in [2.05, 4.69) is 58.7 Å². The topological polar surface area (TPSA) is 0 Å². The van der Waals surface area contributed by atoms with E-state index in [1.54, 1.807) is 11.3 Å². The van der Waals surface area contributed by atoms with Gasteiger partial charge in [-0.05, 0) is 80.9 Å². The number of alkyl halides is 1. The molecular weight excluding hydrogens is 407 g/mol. The Morgan fingerprint density at radius 1 is 1.21 bits per heavy atom. The Labute approximate surface area is 142 Å². The van der Waals surface area contributed by atoms with Crippen molar-refractivity contribution < 1.29 is 0 Å². The van der Waals surface area contributed by atoms with Gasteiger partial charge in [-0.15, -0.1) is 22.9 Å². The molecule has 1 aromatic rings. The predicted molar refractivity (Wildman–Crippen MR) is 93.2 cm³/mol. The molecule has 1 saturated carbocycles. The highest BCUT2D eigenvalue weighted by atomic mass is 79.9. The first kappa shape index (κ1) is 16.3. The maximum atomic E-state index is 6.70. The van der Waals surface area contributed by atoms with Crippen molar-refractivity contribution in [3.8, 4) is 0 Å². The number of hydrogen-bond acceptors (Lipinski definition) is 1. The first-order valence-corrected chi connectivity index (χ1v) is 9.71. The monoisotopic (exact) mass is 426 g/mol. The van der Waals surface area contributed by atoms with E-state index in [-0.39, 0.29) is 5.38 Å². The molecule has 1 fully saturated rings. The molecule has 0 radical (unpaired) electrons. The van der Waals surface area contributed by atoms with Gasteiger partial charge < -0.3 is 0 Å². The summed E-state index contributed by atoms with van der Waals surface area (Å²) in [6, 6.07) is 2.17. The minimum atomic E-state index is 0.175. The van der Waals surface area contributed by atoms with E-state index in [1.165, 1.54) is 30.6 Å². The van der Waals surface area contributed by atoms with Crippen molar-refractivity contribution >= 4 is 54.8 Å². The molecule has 0 bridgehead atoms. The van der Waals surface area contributed by atoms with Crippen molar-refractivity contribution in [1.82, 2.24) is 0 Å². The van der Waals surface area contributed by atoms with E-state index < -0.39 is 0 Å². The van der Waals surface area contributed by atoms with Crippen molar-refractivity contribution in [3.05, 3.63) is 19.2 Å². The summed E-state index contributed by atoms with van der Waals surface area (Å²) in [6.45, 7) is 7.09. The highest BCUT2D eigenvalue weighted by Crippen LogP contribution is 2.48. The molecule has 19 heavy (non-hydrogen) atoms. The molecule has 1 unspecified atom stereocenters. The van der Waals surface area contributed by atoms with Gasteiger partial charge in [-0.25, -0.2) is 0 Å². The lowest BCUT2D eigenvalue weighted by Crippen LogP contribution is -2.27. The lowest BCUT2D eigenvalue weighted by Gasteiger charge is -2.38. The van der Waals surface area contributed by atoms with Crippen molar-refractivity contribution in [2.24, 2.45) is 17.3 Å². The maximum absolute atomic E-state index is 6.70. The zero-order chi connectivity index (χ0) is 14.2. The second kappa shape index (κ2) is 6.37. The van der Waals surface area contributed by atoms with Gasteiger partial charge in [-0.3, -0.25) is 0 Å². The van der Waals surface area contributed by atoms with Crippen molar-refractivity contribution in [1.29, 1.82) is 0 Å². The van der Waals surface area contributed by atoms with Gasteiger partial charge >= 0.3 is 0 Å². The van der Waals surface area contributed by atoms with Crippen LogP contribution < -0.4 is 0 Å². The predicted octanol–water partition coefficient (Wildman–Crippen LogP) is 7.41. The van der Waals surface area contributed by atoms with Crippen LogP contribution >= 0.6 is 54.8 Å². The molecule has 0 saturated heterocycles. The standard InChI is InChI=1S/C15H21Br2ClS/c1-15(2,3)10-6-4-9(5-7-10)13(18)12-8-11(16)14(17)19-12/h8-10,13H,4-7H2,1-3H3. The smallest absolute Gasteiger partial charge is 0.0843 e. The molecule has 1 atom stereocenters. The second-order valence-corrected chi connectivity index (χ2v) is 10.4. The largest absolute Gasteiger partial charge is 0.130 e.